The highest BCUT2D eigenvalue weighted by Crippen LogP contribution is 2.20. The van der Waals surface area contributed by atoms with Crippen molar-refractivity contribution in [2.45, 2.75) is 19.4 Å². The fourth-order valence-corrected chi connectivity index (χ4v) is 1.75. The van der Waals surface area contributed by atoms with Crippen molar-refractivity contribution >= 4 is 22.7 Å². The van der Waals surface area contributed by atoms with Crippen LogP contribution in [0.2, 0.25) is 0 Å². The van der Waals surface area contributed by atoms with E-state index in [4.69, 9.17) is 14.9 Å². The lowest BCUT2D eigenvalue weighted by molar-refractivity contribution is -0.144. The summed E-state index contributed by atoms with van der Waals surface area (Å²) >= 11 is 0. The Balaban J connectivity index is 2.09. The first-order valence-corrected chi connectivity index (χ1v) is 6.05. The number of esters is 1. The van der Waals surface area contributed by atoms with Crippen LogP contribution in [-0.2, 0) is 9.53 Å². The van der Waals surface area contributed by atoms with Crippen LogP contribution in [0, 0.1) is 0 Å². The molecule has 2 N–H and O–H groups in total. The van der Waals surface area contributed by atoms with Crippen molar-refractivity contribution in [1.82, 2.24) is 0 Å². The van der Waals surface area contributed by atoms with Gasteiger partial charge in [-0.1, -0.05) is 18.2 Å². The molecule has 1 unspecified atom stereocenters. The zero-order chi connectivity index (χ0) is 13.8. The molecule has 0 saturated heterocycles. The molecule has 5 nitrogen and oxygen atoms in total. The van der Waals surface area contributed by atoms with E-state index in [0.29, 0.717) is 5.58 Å². The normalized spacial score (nSPS) is 12.3. The minimum atomic E-state index is -0.958. The van der Waals surface area contributed by atoms with Gasteiger partial charge in [0, 0.05) is 11.8 Å². The largest absolute Gasteiger partial charge is 0.465 e. The summed E-state index contributed by atoms with van der Waals surface area (Å²) in [6, 6.07) is 8.00. The summed E-state index contributed by atoms with van der Waals surface area (Å²) < 4.78 is 10.2. The van der Waals surface area contributed by atoms with Crippen LogP contribution in [-0.4, -0.2) is 24.4 Å². The molecule has 0 aliphatic carbocycles. The SMILES string of the molecule is CCOC(=O)C(N)CC(=O)c1cc2ccccc2o1. The van der Waals surface area contributed by atoms with E-state index in [2.05, 4.69) is 0 Å². The van der Waals surface area contributed by atoms with Crippen LogP contribution in [0.1, 0.15) is 23.9 Å². The standard InChI is InChI=1S/C14H15NO4/c1-2-18-14(17)10(15)8-11(16)13-7-9-5-3-4-6-12(9)19-13/h3-7,10H,2,8,15H2,1H3. The van der Waals surface area contributed by atoms with Crippen LogP contribution in [0.3, 0.4) is 0 Å². The third kappa shape index (κ3) is 3.00. The van der Waals surface area contributed by atoms with Crippen molar-refractivity contribution in [3.63, 3.8) is 0 Å². The number of hydrogen-bond acceptors (Lipinski definition) is 5. The second-order valence-electron chi connectivity index (χ2n) is 4.13. The third-order valence-corrected chi connectivity index (χ3v) is 2.69. The highest BCUT2D eigenvalue weighted by atomic mass is 16.5. The summed E-state index contributed by atoms with van der Waals surface area (Å²) in [7, 11) is 0. The van der Waals surface area contributed by atoms with E-state index in [0.717, 1.165) is 5.39 Å². The van der Waals surface area contributed by atoms with Gasteiger partial charge < -0.3 is 14.9 Å². The Morgan fingerprint density at radius 2 is 2.11 bits per heavy atom. The summed E-state index contributed by atoms with van der Waals surface area (Å²) in [6.45, 7) is 1.93. The second-order valence-corrected chi connectivity index (χ2v) is 4.13. The number of carbonyl (C=O) groups excluding carboxylic acids is 2. The molecular formula is C14H15NO4. The smallest absolute Gasteiger partial charge is 0.323 e. The van der Waals surface area contributed by atoms with E-state index in [-0.39, 0.29) is 24.6 Å². The summed E-state index contributed by atoms with van der Waals surface area (Å²) in [4.78, 5) is 23.3. The van der Waals surface area contributed by atoms with Crippen molar-refractivity contribution in [3.05, 3.63) is 36.1 Å². The first kappa shape index (κ1) is 13.3. The molecule has 1 aromatic heterocycles. The molecule has 0 saturated carbocycles. The lowest BCUT2D eigenvalue weighted by Gasteiger charge is -2.08. The van der Waals surface area contributed by atoms with Gasteiger partial charge in [-0.2, -0.15) is 0 Å². The molecule has 1 aromatic carbocycles. The zero-order valence-electron chi connectivity index (χ0n) is 10.6. The first-order valence-electron chi connectivity index (χ1n) is 6.05. The molecule has 100 valence electrons. The van der Waals surface area contributed by atoms with Gasteiger partial charge in [-0.05, 0) is 19.1 Å². The zero-order valence-corrected chi connectivity index (χ0v) is 10.6. The van der Waals surface area contributed by atoms with Crippen LogP contribution < -0.4 is 5.73 Å². The summed E-state index contributed by atoms with van der Waals surface area (Å²) in [5.74, 6) is -0.676. The topological polar surface area (TPSA) is 82.5 Å². The monoisotopic (exact) mass is 261 g/mol. The molecule has 0 amide bonds. The number of carbonyl (C=O) groups is 2. The predicted octanol–water partition coefficient (Wildman–Crippen LogP) is 1.90. The van der Waals surface area contributed by atoms with E-state index >= 15 is 0 Å². The molecule has 0 radical (unpaired) electrons. The van der Waals surface area contributed by atoms with Crippen LogP contribution >= 0.6 is 0 Å². The highest BCUT2D eigenvalue weighted by Gasteiger charge is 2.21. The van der Waals surface area contributed by atoms with Gasteiger partial charge in [0.1, 0.15) is 11.6 Å². The molecule has 0 aliphatic rings. The molecule has 0 fully saturated rings. The van der Waals surface area contributed by atoms with E-state index in [1.807, 2.05) is 18.2 Å². The second kappa shape index (κ2) is 5.67. The maximum Gasteiger partial charge on any atom is 0.323 e. The van der Waals surface area contributed by atoms with E-state index < -0.39 is 12.0 Å². The highest BCUT2D eigenvalue weighted by molar-refractivity contribution is 5.99. The summed E-state index contributed by atoms with van der Waals surface area (Å²) in [5, 5.41) is 0.843. The van der Waals surface area contributed by atoms with Gasteiger partial charge in [0.2, 0.25) is 0 Å². The van der Waals surface area contributed by atoms with Gasteiger partial charge in [-0.25, -0.2) is 0 Å². The number of hydrogen-bond donors (Lipinski definition) is 1. The summed E-state index contributed by atoms with van der Waals surface area (Å²) in [5.41, 5.74) is 6.23. The average molecular weight is 261 g/mol. The number of furan rings is 1. The number of para-hydroxylation sites is 1. The number of rotatable bonds is 5. The minimum Gasteiger partial charge on any atom is -0.465 e. The van der Waals surface area contributed by atoms with Gasteiger partial charge in [-0.15, -0.1) is 0 Å². The molecule has 0 bridgehead atoms. The maximum atomic E-state index is 12.0. The minimum absolute atomic E-state index is 0.126. The van der Waals surface area contributed by atoms with Crippen molar-refractivity contribution in [3.8, 4) is 0 Å². The first-order chi connectivity index (χ1) is 9.11. The Hall–Kier alpha value is -2.14. The lowest BCUT2D eigenvalue weighted by atomic mass is 10.1. The third-order valence-electron chi connectivity index (χ3n) is 2.69. The number of Topliss-reactive ketones (excluding diaryl/α,β-unsaturated/α-hetero) is 1. The molecule has 2 rings (SSSR count). The molecule has 0 spiro atoms. The Morgan fingerprint density at radius 3 is 2.79 bits per heavy atom. The summed E-state index contributed by atoms with van der Waals surface area (Å²) in [6.07, 6.45) is -0.126. The Labute approximate surface area is 110 Å². The fraction of sp³-hybridized carbons (Fsp3) is 0.286. The van der Waals surface area contributed by atoms with E-state index in [1.165, 1.54) is 0 Å². The van der Waals surface area contributed by atoms with Gasteiger partial charge in [0.25, 0.3) is 0 Å². The molecule has 1 heterocycles. The van der Waals surface area contributed by atoms with Gasteiger partial charge in [-0.3, -0.25) is 9.59 Å². The van der Waals surface area contributed by atoms with Crippen molar-refractivity contribution in [2.75, 3.05) is 6.61 Å². The van der Waals surface area contributed by atoms with Crippen molar-refractivity contribution in [2.24, 2.45) is 5.73 Å². The number of nitrogens with two attached hydrogens (primary N) is 1. The van der Waals surface area contributed by atoms with Gasteiger partial charge in [0.05, 0.1) is 6.61 Å². The van der Waals surface area contributed by atoms with Crippen LogP contribution in [0.4, 0.5) is 0 Å². The molecular weight excluding hydrogens is 246 g/mol. The van der Waals surface area contributed by atoms with Gasteiger partial charge in [0.15, 0.2) is 11.5 Å². The molecule has 0 aliphatic heterocycles. The van der Waals surface area contributed by atoms with E-state index in [9.17, 15) is 9.59 Å². The molecule has 1 atom stereocenters. The van der Waals surface area contributed by atoms with Crippen LogP contribution in [0.25, 0.3) is 11.0 Å². The maximum absolute atomic E-state index is 12.0. The van der Waals surface area contributed by atoms with Crippen LogP contribution in [0.15, 0.2) is 34.7 Å². The predicted molar refractivity (Wildman–Crippen MR) is 69.8 cm³/mol. The average Bonchev–Trinajstić information content (AvgIpc) is 2.82. The Kier molecular flexibility index (Phi) is 3.97. The lowest BCUT2D eigenvalue weighted by Crippen LogP contribution is -2.34. The quantitative estimate of drug-likeness (QED) is 0.656. The Morgan fingerprint density at radius 1 is 1.37 bits per heavy atom. The molecule has 2 aromatic rings. The van der Waals surface area contributed by atoms with E-state index in [1.54, 1.807) is 19.1 Å². The Bertz CT molecular complexity index is 569. The number of benzene rings is 1. The number of fused-ring (bicyclic) bond motifs is 1. The number of ketones is 1. The van der Waals surface area contributed by atoms with Crippen molar-refractivity contribution < 1.29 is 18.7 Å². The molecule has 5 heteroatoms. The molecule has 19 heavy (non-hydrogen) atoms. The van der Waals surface area contributed by atoms with Crippen LogP contribution in [0.5, 0.6) is 0 Å². The van der Waals surface area contributed by atoms with Gasteiger partial charge >= 0.3 is 5.97 Å². The van der Waals surface area contributed by atoms with Crippen molar-refractivity contribution in [1.29, 1.82) is 0 Å². The fourth-order valence-electron chi connectivity index (χ4n) is 1.75. The number of ether oxygens (including phenoxy) is 1.